The maximum atomic E-state index is 12.4. The first-order valence-electron chi connectivity index (χ1n) is 9.70. The summed E-state index contributed by atoms with van der Waals surface area (Å²) in [4.78, 5) is 41.7. The maximum Gasteiger partial charge on any atom is 0.251 e. The van der Waals surface area contributed by atoms with Crippen molar-refractivity contribution in [2.75, 3.05) is 24.5 Å². The van der Waals surface area contributed by atoms with E-state index in [9.17, 15) is 14.4 Å². The van der Waals surface area contributed by atoms with Crippen LogP contribution in [0.5, 0.6) is 0 Å². The van der Waals surface area contributed by atoms with Gasteiger partial charge in [0.25, 0.3) is 5.91 Å². The highest BCUT2D eigenvalue weighted by molar-refractivity contribution is 6.31. The number of halogens is 1. The zero-order valence-electron chi connectivity index (χ0n) is 16.2. The van der Waals surface area contributed by atoms with Crippen molar-refractivity contribution in [3.63, 3.8) is 0 Å². The van der Waals surface area contributed by atoms with Gasteiger partial charge < -0.3 is 20.5 Å². The molecule has 2 heterocycles. The number of carbonyl (C=O) groups is 3. The molecule has 1 aliphatic heterocycles. The zero-order chi connectivity index (χ0) is 21.1. The first-order chi connectivity index (χ1) is 14.5. The quantitative estimate of drug-likeness (QED) is 0.531. The molecule has 0 saturated carbocycles. The van der Waals surface area contributed by atoms with E-state index in [1.54, 1.807) is 41.3 Å². The third kappa shape index (κ3) is 4.31. The van der Waals surface area contributed by atoms with E-state index in [-0.39, 0.29) is 30.7 Å². The second-order valence-electron chi connectivity index (χ2n) is 7.21. The first kappa shape index (κ1) is 20.0. The van der Waals surface area contributed by atoms with E-state index in [2.05, 4.69) is 15.6 Å². The van der Waals surface area contributed by atoms with Crippen LogP contribution in [0.25, 0.3) is 10.9 Å². The molecule has 3 amide bonds. The van der Waals surface area contributed by atoms with Crippen molar-refractivity contribution in [2.24, 2.45) is 5.92 Å². The average molecular weight is 425 g/mol. The normalized spacial score (nSPS) is 16.1. The fourth-order valence-corrected chi connectivity index (χ4v) is 3.76. The van der Waals surface area contributed by atoms with Gasteiger partial charge in [-0.15, -0.1) is 0 Å². The number of fused-ring (bicyclic) bond motifs is 1. The molecule has 0 bridgehead atoms. The van der Waals surface area contributed by atoms with Gasteiger partial charge in [0.05, 0.1) is 5.92 Å². The van der Waals surface area contributed by atoms with Gasteiger partial charge in [-0.3, -0.25) is 14.4 Å². The van der Waals surface area contributed by atoms with Gasteiger partial charge in [-0.05, 0) is 41.8 Å². The molecular weight excluding hydrogens is 404 g/mol. The summed E-state index contributed by atoms with van der Waals surface area (Å²) in [5.74, 6) is -0.938. The van der Waals surface area contributed by atoms with Gasteiger partial charge in [-0.25, -0.2) is 0 Å². The van der Waals surface area contributed by atoms with Crippen LogP contribution in [0.1, 0.15) is 16.8 Å². The summed E-state index contributed by atoms with van der Waals surface area (Å²) in [6.45, 7) is 0.900. The fourth-order valence-electron chi connectivity index (χ4n) is 3.57. The Bertz CT molecular complexity index is 1110. The van der Waals surface area contributed by atoms with Gasteiger partial charge >= 0.3 is 0 Å². The summed E-state index contributed by atoms with van der Waals surface area (Å²) in [5.41, 5.74) is 2.13. The van der Waals surface area contributed by atoms with Crippen molar-refractivity contribution < 1.29 is 14.4 Å². The molecular formula is C22H21ClN4O3. The molecule has 1 aliphatic rings. The lowest BCUT2D eigenvalue weighted by Crippen LogP contribution is -2.38. The van der Waals surface area contributed by atoms with Gasteiger partial charge in [0.1, 0.15) is 0 Å². The minimum atomic E-state index is -0.428. The molecule has 2 aromatic carbocycles. The maximum absolute atomic E-state index is 12.4. The van der Waals surface area contributed by atoms with Crippen molar-refractivity contribution in [2.45, 2.75) is 6.42 Å². The van der Waals surface area contributed by atoms with E-state index in [0.29, 0.717) is 29.4 Å². The van der Waals surface area contributed by atoms with Gasteiger partial charge in [-0.2, -0.15) is 0 Å². The van der Waals surface area contributed by atoms with Crippen molar-refractivity contribution in [1.29, 1.82) is 0 Å². The summed E-state index contributed by atoms with van der Waals surface area (Å²) in [7, 11) is 0. The van der Waals surface area contributed by atoms with Crippen LogP contribution in [0.2, 0.25) is 5.02 Å². The molecule has 3 aromatic rings. The Kier molecular flexibility index (Phi) is 5.72. The number of aromatic nitrogens is 1. The molecule has 3 N–H and O–H groups in total. The summed E-state index contributed by atoms with van der Waals surface area (Å²) in [6.07, 6.45) is 1.98. The highest BCUT2D eigenvalue weighted by Crippen LogP contribution is 2.27. The predicted molar refractivity (Wildman–Crippen MR) is 116 cm³/mol. The molecule has 1 saturated heterocycles. The molecule has 0 spiro atoms. The summed E-state index contributed by atoms with van der Waals surface area (Å²) < 4.78 is 0. The molecule has 0 unspecified atom stereocenters. The van der Waals surface area contributed by atoms with Crippen LogP contribution in [-0.2, 0) is 9.59 Å². The van der Waals surface area contributed by atoms with Gasteiger partial charge in [0.2, 0.25) is 11.8 Å². The van der Waals surface area contributed by atoms with E-state index in [0.717, 1.165) is 10.9 Å². The Hall–Kier alpha value is -3.32. The highest BCUT2D eigenvalue weighted by Gasteiger charge is 2.35. The Morgan fingerprint density at radius 2 is 1.93 bits per heavy atom. The molecule has 7 nitrogen and oxygen atoms in total. The third-order valence-corrected chi connectivity index (χ3v) is 5.38. The molecule has 4 rings (SSSR count). The lowest BCUT2D eigenvalue weighted by atomic mass is 10.1. The number of hydrogen-bond acceptors (Lipinski definition) is 3. The number of anilines is 1. The van der Waals surface area contributed by atoms with Crippen molar-refractivity contribution in [1.82, 2.24) is 15.6 Å². The summed E-state index contributed by atoms with van der Waals surface area (Å²) in [6, 6.07) is 14.4. The van der Waals surface area contributed by atoms with Crippen LogP contribution < -0.4 is 15.5 Å². The van der Waals surface area contributed by atoms with Gasteiger partial charge in [-0.1, -0.05) is 23.7 Å². The Morgan fingerprint density at radius 3 is 2.77 bits per heavy atom. The SMILES string of the molecule is O=C(NCCNC(=O)[C@H]1CC(=O)N(c2cccc(Cl)c2)C1)c1ccc2cc[nH]c2c1. The first-order valence-corrected chi connectivity index (χ1v) is 10.1. The van der Waals surface area contributed by atoms with Crippen LogP contribution in [0.15, 0.2) is 54.7 Å². The number of carbonyl (C=O) groups excluding carboxylic acids is 3. The van der Waals surface area contributed by atoms with E-state index < -0.39 is 5.92 Å². The number of nitrogens with zero attached hydrogens (tertiary/aromatic N) is 1. The van der Waals surface area contributed by atoms with E-state index >= 15 is 0 Å². The van der Waals surface area contributed by atoms with Crippen LogP contribution >= 0.6 is 11.6 Å². The van der Waals surface area contributed by atoms with Crippen molar-refractivity contribution in [3.8, 4) is 0 Å². The molecule has 1 atom stereocenters. The van der Waals surface area contributed by atoms with Crippen molar-refractivity contribution in [3.05, 3.63) is 65.3 Å². The smallest absolute Gasteiger partial charge is 0.251 e. The summed E-state index contributed by atoms with van der Waals surface area (Å²) >= 11 is 5.99. The van der Waals surface area contributed by atoms with E-state index in [1.165, 1.54) is 0 Å². The fraction of sp³-hybridized carbons (Fsp3) is 0.227. The highest BCUT2D eigenvalue weighted by atomic mass is 35.5. The lowest BCUT2D eigenvalue weighted by Gasteiger charge is -2.17. The van der Waals surface area contributed by atoms with Gasteiger partial charge in [0, 0.05) is 54.0 Å². The number of benzene rings is 2. The minimum absolute atomic E-state index is 0.106. The van der Waals surface area contributed by atoms with Crippen LogP contribution in [0.4, 0.5) is 5.69 Å². The number of aromatic amines is 1. The van der Waals surface area contributed by atoms with Crippen LogP contribution in [0.3, 0.4) is 0 Å². The molecule has 0 radical (unpaired) electrons. The van der Waals surface area contributed by atoms with E-state index in [4.69, 9.17) is 11.6 Å². The van der Waals surface area contributed by atoms with Gasteiger partial charge in [0.15, 0.2) is 0 Å². The lowest BCUT2D eigenvalue weighted by molar-refractivity contribution is -0.126. The second kappa shape index (κ2) is 8.59. The predicted octanol–water partition coefficient (Wildman–Crippen LogP) is 2.72. The molecule has 30 heavy (non-hydrogen) atoms. The average Bonchev–Trinajstić information content (AvgIpc) is 3.36. The monoisotopic (exact) mass is 424 g/mol. The standard InChI is InChI=1S/C22H21ClN4O3/c23-17-2-1-3-18(12-17)27-13-16(11-20(27)28)22(30)26-9-8-25-21(29)15-5-4-14-6-7-24-19(14)10-15/h1-7,10,12,16,24H,8-9,11,13H2,(H,25,29)(H,26,30)/t16-/m0/s1. The second-order valence-corrected chi connectivity index (χ2v) is 7.65. The number of rotatable bonds is 6. The van der Waals surface area contributed by atoms with Crippen molar-refractivity contribution >= 4 is 45.9 Å². The number of nitrogens with one attached hydrogen (secondary N) is 3. The largest absolute Gasteiger partial charge is 0.361 e. The molecule has 1 fully saturated rings. The Labute approximate surface area is 178 Å². The molecule has 154 valence electrons. The number of hydrogen-bond donors (Lipinski definition) is 3. The summed E-state index contributed by atoms with van der Waals surface area (Å²) in [5, 5.41) is 7.17. The Morgan fingerprint density at radius 1 is 1.10 bits per heavy atom. The molecule has 8 heteroatoms. The third-order valence-electron chi connectivity index (χ3n) is 5.14. The number of amides is 3. The minimum Gasteiger partial charge on any atom is -0.361 e. The number of H-pyrrole nitrogens is 1. The molecule has 0 aliphatic carbocycles. The van der Waals surface area contributed by atoms with E-state index in [1.807, 2.05) is 18.3 Å². The van der Waals surface area contributed by atoms with Crippen LogP contribution in [-0.4, -0.2) is 42.3 Å². The zero-order valence-corrected chi connectivity index (χ0v) is 16.9. The topological polar surface area (TPSA) is 94.3 Å². The Balaban J connectivity index is 1.25. The van der Waals surface area contributed by atoms with Crippen LogP contribution in [0, 0.1) is 5.92 Å². The molecule has 1 aromatic heterocycles.